The van der Waals surface area contributed by atoms with Gasteiger partial charge in [0, 0.05) is 11.2 Å². The third kappa shape index (κ3) is 3.98. The molecular formula is C18H16Cl2N4O2. The summed E-state index contributed by atoms with van der Waals surface area (Å²) in [6.07, 6.45) is 1.57. The summed E-state index contributed by atoms with van der Waals surface area (Å²) in [5, 5.41) is 8.21. The van der Waals surface area contributed by atoms with Gasteiger partial charge in [0.05, 0.1) is 22.1 Å². The lowest BCUT2D eigenvalue weighted by Gasteiger charge is -2.10. The molecule has 0 spiro atoms. The fourth-order valence-corrected chi connectivity index (χ4v) is 2.86. The van der Waals surface area contributed by atoms with Crippen molar-refractivity contribution in [2.45, 2.75) is 20.6 Å². The van der Waals surface area contributed by atoms with Crippen molar-refractivity contribution in [3.8, 4) is 5.75 Å². The van der Waals surface area contributed by atoms with Crippen molar-refractivity contribution in [3.05, 3.63) is 69.7 Å². The first kappa shape index (κ1) is 18.2. The number of carbonyl (C=O) groups excluding carboxylic acids is 1. The monoisotopic (exact) mass is 390 g/mol. The van der Waals surface area contributed by atoms with Crippen molar-refractivity contribution in [1.82, 2.24) is 14.8 Å². The largest absolute Gasteiger partial charge is 0.470 e. The molecule has 8 heteroatoms. The van der Waals surface area contributed by atoms with Crippen molar-refractivity contribution >= 4 is 34.8 Å². The van der Waals surface area contributed by atoms with Crippen LogP contribution >= 0.6 is 23.2 Å². The van der Waals surface area contributed by atoms with Gasteiger partial charge in [-0.3, -0.25) is 9.78 Å². The number of anilines is 1. The molecule has 26 heavy (non-hydrogen) atoms. The molecule has 134 valence electrons. The maximum absolute atomic E-state index is 12.3. The summed E-state index contributed by atoms with van der Waals surface area (Å²) >= 11 is 12.0. The molecule has 2 heterocycles. The molecule has 3 aromatic rings. The summed E-state index contributed by atoms with van der Waals surface area (Å²) in [5.74, 6) is 0.209. The van der Waals surface area contributed by atoms with Gasteiger partial charge in [-0.05, 0) is 44.2 Å². The molecule has 0 atom stereocenters. The Morgan fingerprint density at radius 3 is 2.73 bits per heavy atom. The van der Waals surface area contributed by atoms with Gasteiger partial charge in [0.25, 0.3) is 5.91 Å². The lowest BCUT2D eigenvalue weighted by molar-refractivity contribution is 0.102. The SMILES string of the molecule is Cc1nn(COc2ccc(Cl)cc2Cl)c(C)c1NC(=O)c1ccccn1. The number of halogens is 2. The maximum atomic E-state index is 12.3. The molecule has 0 saturated heterocycles. The van der Waals surface area contributed by atoms with E-state index in [0.29, 0.717) is 32.9 Å². The summed E-state index contributed by atoms with van der Waals surface area (Å²) in [6, 6.07) is 10.2. The van der Waals surface area contributed by atoms with Gasteiger partial charge in [-0.15, -0.1) is 0 Å². The summed E-state index contributed by atoms with van der Waals surface area (Å²) in [6.45, 7) is 3.81. The minimum absolute atomic E-state index is 0.146. The number of aromatic nitrogens is 3. The third-order valence-corrected chi connectivity index (χ3v) is 4.28. The lowest BCUT2D eigenvalue weighted by Crippen LogP contribution is -2.15. The van der Waals surface area contributed by atoms with Crippen LogP contribution in [0.5, 0.6) is 5.75 Å². The Labute approximate surface area is 160 Å². The van der Waals surface area contributed by atoms with Gasteiger partial charge in [-0.2, -0.15) is 5.10 Å². The number of hydrogen-bond acceptors (Lipinski definition) is 4. The Morgan fingerprint density at radius 1 is 1.23 bits per heavy atom. The summed E-state index contributed by atoms with van der Waals surface area (Å²) in [4.78, 5) is 16.4. The van der Waals surface area contributed by atoms with E-state index in [2.05, 4.69) is 15.4 Å². The highest BCUT2D eigenvalue weighted by Crippen LogP contribution is 2.28. The minimum Gasteiger partial charge on any atom is -0.470 e. The van der Waals surface area contributed by atoms with Crippen LogP contribution in [0.2, 0.25) is 10.0 Å². The van der Waals surface area contributed by atoms with E-state index >= 15 is 0 Å². The molecular weight excluding hydrogens is 375 g/mol. The normalized spacial score (nSPS) is 10.6. The number of benzene rings is 1. The van der Waals surface area contributed by atoms with Crippen molar-refractivity contribution in [1.29, 1.82) is 0 Å². The van der Waals surface area contributed by atoms with Gasteiger partial charge in [0.2, 0.25) is 0 Å². The number of amides is 1. The van der Waals surface area contributed by atoms with Crippen LogP contribution in [0.15, 0.2) is 42.6 Å². The van der Waals surface area contributed by atoms with Gasteiger partial charge >= 0.3 is 0 Å². The molecule has 1 aromatic carbocycles. The number of nitrogens with zero attached hydrogens (tertiary/aromatic N) is 3. The topological polar surface area (TPSA) is 69.0 Å². The average molecular weight is 391 g/mol. The van der Waals surface area contributed by atoms with Gasteiger partial charge in [-0.25, -0.2) is 4.68 Å². The highest BCUT2D eigenvalue weighted by atomic mass is 35.5. The molecule has 0 aliphatic carbocycles. The lowest BCUT2D eigenvalue weighted by atomic mass is 10.3. The molecule has 2 aromatic heterocycles. The molecule has 0 unspecified atom stereocenters. The average Bonchev–Trinajstić information content (AvgIpc) is 2.89. The van der Waals surface area contributed by atoms with Crippen LogP contribution in [-0.2, 0) is 6.73 Å². The predicted octanol–water partition coefficient (Wildman–Crippen LogP) is 4.49. The fraction of sp³-hybridized carbons (Fsp3) is 0.167. The standard InChI is InChI=1S/C18H16Cl2N4O2/c1-11-17(22-18(25)15-5-3-4-8-21-15)12(2)24(23-11)10-26-16-7-6-13(19)9-14(16)20/h3-9H,10H2,1-2H3,(H,22,25). The first-order valence-corrected chi connectivity index (χ1v) is 8.55. The third-order valence-electron chi connectivity index (χ3n) is 3.75. The number of pyridine rings is 1. The van der Waals surface area contributed by atoms with Crippen LogP contribution in [0.3, 0.4) is 0 Å². The van der Waals surface area contributed by atoms with Gasteiger partial charge in [0.15, 0.2) is 6.73 Å². The minimum atomic E-state index is -0.294. The Morgan fingerprint density at radius 2 is 2.04 bits per heavy atom. The van der Waals surface area contributed by atoms with Crippen LogP contribution in [0.4, 0.5) is 5.69 Å². The molecule has 0 fully saturated rings. The van der Waals surface area contributed by atoms with E-state index in [4.69, 9.17) is 27.9 Å². The van der Waals surface area contributed by atoms with Crippen LogP contribution < -0.4 is 10.1 Å². The summed E-state index contributed by atoms with van der Waals surface area (Å²) in [7, 11) is 0. The Balaban J connectivity index is 1.74. The highest BCUT2D eigenvalue weighted by Gasteiger charge is 2.16. The quantitative estimate of drug-likeness (QED) is 0.696. The number of ether oxygens (including phenoxy) is 1. The molecule has 1 amide bonds. The second-order valence-corrected chi connectivity index (χ2v) is 6.41. The molecule has 3 rings (SSSR count). The number of carbonyl (C=O) groups is 1. The zero-order chi connectivity index (χ0) is 18.7. The van der Waals surface area contributed by atoms with Crippen molar-refractivity contribution < 1.29 is 9.53 Å². The van der Waals surface area contributed by atoms with E-state index in [-0.39, 0.29) is 12.6 Å². The van der Waals surface area contributed by atoms with Crippen LogP contribution in [0.1, 0.15) is 21.9 Å². The van der Waals surface area contributed by atoms with Crippen molar-refractivity contribution in [3.63, 3.8) is 0 Å². The van der Waals surface area contributed by atoms with Gasteiger partial charge in [0.1, 0.15) is 11.4 Å². The molecule has 0 bridgehead atoms. The molecule has 0 radical (unpaired) electrons. The molecule has 0 aliphatic rings. The van der Waals surface area contributed by atoms with Crippen LogP contribution in [0.25, 0.3) is 0 Å². The molecule has 1 N–H and O–H groups in total. The van der Waals surface area contributed by atoms with Gasteiger partial charge < -0.3 is 10.1 Å². The predicted molar refractivity (Wildman–Crippen MR) is 101 cm³/mol. The van der Waals surface area contributed by atoms with E-state index in [1.165, 1.54) is 0 Å². The smallest absolute Gasteiger partial charge is 0.274 e. The maximum Gasteiger partial charge on any atom is 0.274 e. The summed E-state index contributed by atoms with van der Waals surface area (Å²) in [5.41, 5.74) is 2.41. The summed E-state index contributed by atoms with van der Waals surface area (Å²) < 4.78 is 7.35. The molecule has 0 saturated carbocycles. The fourth-order valence-electron chi connectivity index (χ4n) is 2.40. The second-order valence-electron chi connectivity index (χ2n) is 5.56. The van der Waals surface area contributed by atoms with E-state index in [1.54, 1.807) is 47.3 Å². The Kier molecular flexibility index (Phi) is 5.44. The Hall–Kier alpha value is -2.57. The van der Waals surface area contributed by atoms with Crippen LogP contribution in [-0.4, -0.2) is 20.7 Å². The van der Waals surface area contributed by atoms with Gasteiger partial charge in [-0.1, -0.05) is 29.3 Å². The number of nitrogens with one attached hydrogen (secondary N) is 1. The number of aryl methyl sites for hydroxylation is 1. The van der Waals surface area contributed by atoms with Crippen molar-refractivity contribution in [2.75, 3.05) is 5.32 Å². The number of hydrogen-bond donors (Lipinski definition) is 1. The van der Waals surface area contributed by atoms with E-state index in [0.717, 1.165) is 5.69 Å². The second kappa shape index (κ2) is 7.76. The first-order valence-electron chi connectivity index (χ1n) is 7.80. The highest BCUT2D eigenvalue weighted by molar-refractivity contribution is 6.35. The Bertz CT molecular complexity index is 942. The van der Waals surface area contributed by atoms with E-state index in [9.17, 15) is 4.79 Å². The van der Waals surface area contributed by atoms with Crippen LogP contribution in [0, 0.1) is 13.8 Å². The first-order chi connectivity index (χ1) is 12.5. The van der Waals surface area contributed by atoms with Crippen molar-refractivity contribution in [2.24, 2.45) is 0 Å². The molecule has 0 aliphatic heterocycles. The zero-order valence-corrected chi connectivity index (χ0v) is 15.7. The zero-order valence-electron chi connectivity index (χ0n) is 14.2. The molecule has 6 nitrogen and oxygen atoms in total. The van der Waals surface area contributed by atoms with E-state index < -0.39 is 0 Å². The van der Waals surface area contributed by atoms with E-state index in [1.807, 2.05) is 13.8 Å². The number of rotatable bonds is 5.